The number of amides is 1. The van der Waals surface area contributed by atoms with Crippen molar-refractivity contribution < 1.29 is 9.72 Å². The summed E-state index contributed by atoms with van der Waals surface area (Å²) in [6.45, 7) is 5.55. The number of hydrogen-bond acceptors (Lipinski definition) is 3. The number of nitro benzene ring substituents is 1. The van der Waals surface area contributed by atoms with Crippen LogP contribution in [0.4, 0.5) is 5.69 Å². The maximum Gasteiger partial charge on any atom is 0.270 e. The van der Waals surface area contributed by atoms with Gasteiger partial charge >= 0.3 is 0 Å². The van der Waals surface area contributed by atoms with Crippen LogP contribution in [0.5, 0.6) is 0 Å². The van der Waals surface area contributed by atoms with E-state index in [-0.39, 0.29) is 17.1 Å². The Hall–Kier alpha value is -1.91. The van der Waals surface area contributed by atoms with E-state index in [2.05, 4.69) is 5.32 Å². The lowest BCUT2D eigenvalue weighted by atomic mass is 10.1. The van der Waals surface area contributed by atoms with E-state index in [9.17, 15) is 14.9 Å². The van der Waals surface area contributed by atoms with Gasteiger partial charge in [-0.15, -0.1) is 0 Å². The molecule has 0 saturated carbocycles. The van der Waals surface area contributed by atoms with Crippen molar-refractivity contribution in [3.63, 3.8) is 0 Å². The molecule has 5 heteroatoms. The topological polar surface area (TPSA) is 72.2 Å². The van der Waals surface area contributed by atoms with Gasteiger partial charge in [0.05, 0.1) is 4.92 Å². The van der Waals surface area contributed by atoms with Gasteiger partial charge in [-0.25, -0.2) is 0 Å². The first-order valence-corrected chi connectivity index (χ1v) is 4.86. The first kappa shape index (κ1) is 12.2. The van der Waals surface area contributed by atoms with Crippen molar-refractivity contribution >= 4 is 11.6 Å². The molecule has 0 aliphatic heterocycles. The van der Waals surface area contributed by atoms with Gasteiger partial charge in [0.2, 0.25) is 0 Å². The Morgan fingerprint density at radius 3 is 2.50 bits per heavy atom. The second-order valence-corrected chi connectivity index (χ2v) is 4.51. The lowest BCUT2D eigenvalue weighted by Gasteiger charge is -2.20. The average molecular weight is 222 g/mol. The lowest BCUT2D eigenvalue weighted by molar-refractivity contribution is -0.384. The second-order valence-electron chi connectivity index (χ2n) is 4.51. The van der Waals surface area contributed by atoms with Gasteiger partial charge in [-0.2, -0.15) is 0 Å². The van der Waals surface area contributed by atoms with Crippen molar-refractivity contribution in [1.29, 1.82) is 0 Å². The zero-order chi connectivity index (χ0) is 12.3. The van der Waals surface area contributed by atoms with Crippen LogP contribution in [0.15, 0.2) is 24.3 Å². The number of benzene rings is 1. The Kier molecular flexibility index (Phi) is 3.27. The van der Waals surface area contributed by atoms with E-state index in [1.165, 1.54) is 18.2 Å². The van der Waals surface area contributed by atoms with Crippen LogP contribution >= 0.6 is 0 Å². The molecule has 0 bridgehead atoms. The number of carbonyl (C=O) groups is 1. The van der Waals surface area contributed by atoms with Crippen molar-refractivity contribution in [3.05, 3.63) is 39.9 Å². The third-order valence-electron chi connectivity index (χ3n) is 1.81. The van der Waals surface area contributed by atoms with Gasteiger partial charge in [-0.3, -0.25) is 14.9 Å². The summed E-state index contributed by atoms with van der Waals surface area (Å²) in [6.07, 6.45) is 0. The number of rotatable bonds is 2. The van der Waals surface area contributed by atoms with Crippen LogP contribution in [0.1, 0.15) is 31.1 Å². The molecule has 1 amide bonds. The fraction of sp³-hybridized carbons (Fsp3) is 0.364. The lowest BCUT2D eigenvalue weighted by Crippen LogP contribution is -2.40. The summed E-state index contributed by atoms with van der Waals surface area (Å²) >= 11 is 0. The summed E-state index contributed by atoms with van der Waals surface area (Å²) in [5.74, 6) is -0.309. The van der Waals surface area contributed by atoms with Gasteiger partial charge in [-0.1, -0.05) is 6.07 Å². The Balaban J connectivity index is 2.92. The molecular weight excluding hydrogens is 208 g/mol. The molecular formula is C11H14N2O3. The Morgan fingerprint density at radius 1 is 1.38 bits per heavy atom. The van der Waals surface area contributed by atoms with E-state index in [0.29, 0.717) is 5.56 Å². The van der Waals surface area contributed by atoms with E-state index in [0.717, 1.165) is 0 Å². The van der Waals surface area contributed by atoms with Crippen LogP contribution in [0.25, 0.3) is 0 Å². The predicted octanol–water partition coefficient (Wildman–Crippen LogP) is 2.12. The highest BCUT2D eigenvalue weighted by atomic mass is 16.6. The molecule has 0 radical (unpaired) electrons. The van der Waals surface area contributed by atoms with Gasteiger partial charge in [0.25, 0.3) is 11.6 Å². The minimum absolute atomic E-state index is 0.0819. The number of nitrogens with one attached hydrogen (secondary N) is 1. The van der Waals surface area contributed by atoms with E-state index >= 15 is 0 Å². The molecule has 16 heavy (non-hydrogen) atoms. The van der Waals surface area contributed by atoms with Crippen LogP contribution in [0.3, 0.4) is 0 Å². The molecule has 0 atom stereocenters. The number of nitro groups is 1. The summed E-state index contributed by atoms with van der Waals surface area (Å²) in [6, 6.07) is 5.67. The summed E-state index contributed by atoms with van der Waals surface area (Å²) < 4.78 is 0. The highest BCUT2D eigenvalue weighted by Gasteiger charge is 2.17. The fourth-order valence-corrected chi connectivity index (χ4v) is 1.17. The molecule has 0 saturated heterocycles. The third kappa shape index (κ3) is 3.34. The standard InChI is InChI=1S/C11H14N2O3/c1-11(2,3)12-10(14)8-5-4-6-9(7-8)13(15)16/h4-7H,1-3H3,(H,12,14). The van der Waals surface area contributed by atoms with E-state index < -0.39 is 4.92 Å². The Labute approximate surface area is 93.6 Å². The predicted molar refractivity (Wildman–Crippen MR) is 60.3 cm³/mol. The molecule has 0 fully saturated rings. The minimum Gasteiger partial charge on any atom is -0.347 e. The molecule has 1 rings (SSSR count). The molecule has 0 aromatic heterocycles. The minimum atomic E-state index is -0.520. The van der Waals surface area contributed by atoms with E-state index in [1.54, 1.807) is 6.07 Å². The molecule has 0 aliphatic rings. The van der Waals surface area contributed by atoms with Crippen molar-refractivity contribution in [2.24, 2.45) is 0 Å². The largest absolute Gasteiger partial charge is 0.347 e. The van der Waals surface area contributed by atoms with Crippen LogP contribution in [-0.2, 0) is 0 Å². The zero-order valence-corrected chi connectivity index (χ0v) is 9.48. The van der Waals surface area contributed by atoms with Crippen molar-refractivity contribution in [1.82, 2.24) is 5.32 Å². The highest BCUT2D eigenvalue weighted by Crippen LogP contribution is 2.13. The fourth-order valence-electron chi connectivity index (χ4n) is 1.17. The van der Waals surface area contributed by atoms with Gasteiger partial charge in [0.15, 0.2) is 0 Å². The number of non-ortho nitro benzene ring substituents is 1. The summed E-state index contributed by atoms with van der Waals surface area (Å²) in [5, 5.41) is 13.3. The summed E-state index contributed by atoms with van der Waals surface area (Å²) in [4.78, 5) is 21.7. The first-order valence-electron chi connectivity index (χ1n) is 4.86. The van der Waals surface area contributed by atoms with Gasteiger partial charge < -0.3 is 5.32 Å². The molecule has 1 aromatic carbocycles. The van der Waals surface area contributed by atoms with Crippen LogP contribution in [-0.4, -0.2) is 16.4 Å². The Bertz CT molecular complexity index is 421. The second kappa shape index (κ2) is 4.30. The molecule has 1 N–H and O–H groups in total. The first-order chi connectivity index (χ1) is 7.29. The summed E-state index contributed by atoms with van der Waals surface area (Å²) in [7, 11) is 0. The van der Waals surface area contributed by atoms with Crippen LogP contribution < -0.4 is 5.32 Å². The molecule has 86 valence electrons. The molecule has 0 unspecified atom stereocenters. The van der Waals surface area contributed by atoms with Crippen molar-refractivity contribution in [2.75, 3.05) is 0 Å². The maximum atomic E-state index is 11.7. The SMILES string of the molecule is CC(C)(C)NC(=O)c1cccc([N+](=O)[O-])c1. The molecule has 1 aromatic rings. The third-order valence-corrected chi connectivity index (χ3v) is 1.81. The quantitative estimate of drug-likeness (QED) is 0.615. The molecule has 5 nitrogen and oxygen atoms in total. The maximum absolute atomic E-state index is 11.7. The Morgan fingerprint density at radius 2 is 2.00 bits per heavy atom. The molecule has 0 aliphatic carbocycles. The van der Waals surface area contributed by atoms with Gasteiger partial charge in [0, 0.05) is 23.2 Å². The van der Waals surface area contributed by atoms with E-state index in [4.69, 9.17) is 0 Å². The van der Waals surface area contributed by atoms with Crippen molar-refractivity contribution in [3.8, 4) is 0 Å². The summed E-state index contributed by atoms with van der Waals surface area (Å²) in [5.41, 5.74) is -0.146. The number of carbonyl (C=O) groups excluding carboxylic acids is 1. The van der Waals surface area contributed by atoms with Crippen molar-refractivity contribution in [2.45, 2.75) is 26.3 Å². The highest BCUT2D eigenvalue weighted by molar-refractivity contribution is 5.95. The number of nitrogens with zero attached hydrogens (tertiary/aromatic N) is 1. The smallest absolute Gasteiger partial charge is 0.270 e. The van der Waals surface area contributed by atoms with Gasteiger partial charge in [0.1, 0.15) is 0 Å². The van der Waals surface area contributed by atoms with Crippen LogP contribution in [0, 0.1) is 10.1 Å². The van der Waals surface area contributed by atoms with Gasteiger partial charge in [-0.05, 0) is 26.8 Å². The normalized spacial score (nSPS) is 10.9. The van der Waals surface area contributed by atoms with E-state index in [1.807, 2.05) is 20.8 Å². The molecule has 0 heterocycles. The van der Waals surface area contributed by atoms with Crippen LogP contribution in [0.2, 0.25) is 0 Å². The zero-order valence-electron chi connectivity index (χ0n) is 9.48. The molecule has 0 spiro atoms. The monoisotopic (exact) mass is 222 g/mol. The average Bonchev–Trinajstić information content (AvgIpc) is 2.15. The number of hydrogen-bond donors (Lipinski definition) is 1.